The van der Waals surface area contributed by atoms with Gasteiger partial charge in [0, 0.05) is 12.1 Å². The van der Waals surface area contributed by atoms with Crippen molar-refractivity contribution in [2.45, 2.75) is 12.8 Å². The fourth-order valence-corrected chi connectivity index (χ4v) is 1.92. The van der Waals surface area contributed by atoms with Crippen molar-refractivity contribution in [1.29, 1.82) is 0 Å². The molecule has 0 spiro atoms. The van der Waals surface area contributed by atoms with Crippen LogP contribution < -0.4 is 15.8 Å². The number of hydrogen-bond acceptors (Lipinski definition) is 3. The lowest BCUT2D eigenvalue weighted by Gasteiger charge is -2.07. The van der Waals surface area contributed by atoms with Crippen LogP contribution in [0.1, 0.15) is 23.2 Å². The van der Waals surface area contributed by atoms with Crippen LogP contribution in [0.25, 0.3) is 0 Å². The van der Waals surface area contributed by atoms with Gasteiger partial charge in [-0.3, -0.25) is 4.79 Å². The van der Waals surface area contributed by atoms with Crippen molar-refractivity contribution in [1.82, 2.24) is 5.32 Å². The van der Waals surface area contributed by atoms with Gasteiger partial charge in [0.05, 0.1) is 11.6 Å². The molecular weight excluding hydrogens is 284 g/mol. The summed E-state index contributed by atoms with van der Waals surface area (Å²) in [5.41, 5.74) is 5.99. The van der Waals surface area contributed by atoms with Crippen LogP contribution in [0.2, 0.25) is 0 Å². The molecule has 1 amide bonds. The second-order valence-electron chi connectivity index (χ2n) is 3.60. The lowest BCUT2D eigenvalue weighted by atomic mass is 10.2. The lowest BCUT2D eigenvalue weighted by Crippen LogP contribution is -2.24. The highest BCUT2D eigenvalue weighted by atomic mass is 79.9. The van der Waals surface area contributed by atoms with Gasteiger partial charge in [-0.05, 0) is 53.5 Å². The van der Waals surface area contributed by atoms with E-state index >= 15 is 0 Å². The molecule has 0 heterocycles. The average molecular weight is 301 g/mol. The Morgan fingerprint density at radius 3 is 2.82 bits per heavy atom. The Morgan fingerprint density at radius 1 is 1.47 bits per heavy atom. The van der Waals surface area contributed by atoms with Gasteiger partial charge in [-0.2, -0.15) is 0 Å². The third kappa shape index (κ3) is 4.36. The molecule has 0 bridgehead atoms. The van der Waals surface area contributed by atoms with E-state index in [4.69, 9.17) is 10.5 Å². The number of benzene rings is 1. The van der Waals surface area contributed by atoms with Crippen LogP contribution in [0.5, 0.6) is 5.75 Å². The molecule has 17 heavy (non-hydrogen) atoms. The summed E-state index contributed by atoms with van der Waals surface area (Å²) in [6, 6.07) is 5.25. The summed E-state index contributed by atoms with van der Waals surface area (Å²) >= 11 is 3.35. The first kappa shape index (κ1) is 14.0. The fraction of sp³-hybridized carbons (Fsp3) is 0.417. The minimum atomic E-state index is -0.0784. The molecule has 4 nitrogen and oxygen atoms in total. The van der Waals surface area contributed by atoms with Crippen LogP contribution in [-0.2, 0) is 0 Å². The molecule has 0 fully saturated rings. The van der Waals surface area contributed by atoms with E-state index in [1.54, 1.807) is 25.3 Å². The van der Waals surface area contributed by atoms with E-state index in [1.165, 1.54) is 0 Å². The third-order valence-corrected chi connectivity index (χ3v) is 2.95. The van der Waals surface area contributed by atoms with Crippen molar-refractivity contribution in [2.75, 3.05) is 20.2 Å². The average Bonchev–Trinajstić information content (AvgIpc) is 2.34. The predicted molar refractivity (Wildman–Crippen MR) is 71.3 cm³/mol. The maximum atomic E-state index is 11.8. The summed E-state index contributed by atoms with van der Waals surface area (Å²) < 4.78 is 5.87. The molecule has 0 atom stereocenters. The molecule has 94 valence electrons. The Kier molecular flexibility index (Phi) is 6.00. The lowest BCUT2D eigenvalue weighted by molar-refractivity contribution is 0.0953. The van der Waals surface area contributed by atoms with Gasteiger partial charge in [0.2, 0.25) is 0 Å². The number of unbranched alkanes of at least 4 members (excludes halogenated alkanes) is 1. The molecule has 3 N–H and O–H groups in total. The van der Waals surface area contributed by atoms with Crippen LogP contribution in [0, 0.1) is 0 Å². The molecule has 1 aromatic carbocycles. The molecule has 1 aromatic rings. The molecule has 0 aliphatic carbocycles. The maximum Gasteiger partial charge on any atom is 0.251 e. The summed E-state index contributed by atoms with van der Waals surface area (Å²) in [5, 5.41) is 2.84. The van der Waals surface area contributed by atoms with Gasteiger partial charge < -0.3 is 15.8 Å². The summed E-state index contributed by atoms with van der Waals surface area (Å²) in [7, 11) is 1.59. The minimum Gasteiger partial charge on any atom is -0.496 e. The van der Waals surface area contributed by atoms with E-state index in [1.807, 2.05) is 0 Å². The standard InChI is InChI=1S/C12H17BrN2O2/c1-17-11-5-4-9(8-10(11)13)12(16)15-7-3-2-6-14/h4-5,8H,2-3,6-7,14H2,1H3,(H,15,16). The molecule has 1 rings (SSSR count). The quantitative estimate of drug-likeness (QED) is 0.789. The van der Waals surface area contributed by atoms with Crippen molar-refractivity contribution in [3.63, 3.8) is 0 Å². The molecule has 0 unspecified atom stereocenters. The fourth-order valence-electron chi connectivity index (χ4n) is 1.38. The molecule has 0 saturated heterocycles. The molecular formula is C12H17BrN2O2. The second kappa shape index (κ2) is 7.29. The smallest absolute Gasteiger partial charge is 0.251 e. The Balaban J connectivity index is 2.54. The highest BCUT2D eigenvalue weighted by Crippen LogP contribution is 2.25. The van der Waals surface area contributed by atoms with Crippen LogP contribution in [0.4, 0.5) is 0 Å². The Morgan fingerprint density at radius 2 is 2.24 bits per heavy atom. The number of amides is 1. The van der Waals surface area contributed by atoms with Crippen molar-refractivity contribution >= 4 is 21.8 Å². The van der Waals surface area contributed by atoms with Crippen molar-refractivity contribution in [2.24, 2.45) is 5.73 Å². The highest BCUT2D eigenvalue weighted by Gasteiger charge is 2.07. The maximum absolute atomic E-state index is 11.8. The van der Waals surface area contributed by atoms with E-state index in [2.05, 4.69) is 21.2 Å². The normalized spacial score (nSPS) is 10.1. The molecule has 5 heteroatoms. The highest BCUT2D eigenvalue weighted by molar-refractivity contribution is 9.10. The van der Waals surface area contributed by atoms with E-state index in [9.17, 15) is 4.79 Å². The number of ether oxygens (including phenoxy) is 1. The minimum absolute atomic E-state index is 0.0784. The first-order chi connectivity index (χ1) is 8.19. The van der Waals surface area contributed by atoms with Gasteiger partial charge >= 0.3 is 0 Å². The van der Waals surface area contributed by atoms with Gasteiger partial charge in [0.1, 0.15) is 5.75 Å². The number of hydrogen-bond donors (Lipinski definition) is 2. The first-order valence-corrected chi connectivity index (χ1v) is 6.30. The second-order valence-corrected chi connectivity index (χ2v) is 4.46. The van der Waals surface area contributed by atoms with E-state index in [0.717, 1.165) is 17.3 Å². The topological polar surface area (TPSA) is 64.3 Å². The van der Waals surface area contributed by atoms with E-state index < -0.39 is 0 Å². The zero-order valence-electron chi connectivity index (χ0n) is 9.83. The van der Waals surface area contributed by atoms with Crippen LogP contribution in [0.15, 0.2) is 22.7 Å². The van der Waals surface area contributed by atoms with Gasteiger partial charge in [-0.1, -0.05) is 0 Å². The van der Waals surface area contributed by atoms with Gasteiger partial charge in [0.25, 0.3) is 5.91 Å². The third-order valence-electron chi connectivity index (χ3n) is 2.33. The van der Waals surface area contributed by atoms with Crippen LogP contribution in [0.3, 0.4) is 0 Å². The van der Waals surface area contributed by atoms with Crippen LogP contribution in [-0.4, -0.2) is 26.1 Å². The number of nitrogens with one attached hydrogen (secondary N) is 1. The Labute approximate surface area is 110 Å². The SMILES string of the molecule is COc1ccc(C(=O)NCCCCN)cc1Br. The molecule has 0 aliphatic rings. The number of halogens is 1. The first-order valence-electron chi connectivity index (χ1n) is 5.51. The van der Waals surface area contributed by atoms with Crippen LogP contribution >= 0.6 is 15.9 Å². The van der Waals surface area contributed by atoms with E-state index in [0.29, 0.717) is 24.4 Å². The van der Waals surface area contributed by atoms with Crippen molar-refractivity contribution in [3.05, 3.63) is 28.2 Å². The molecule has 0 saturated carbocycles. The zero-order chi connectivity index (χ0) is 12.7. The monoisotopic (exact) mass is 300 g/mol. The summed E-state index contributed by atoms with van der Waals surface area (Å²) in [4.78, 5) is 11.8. The van der Waals surface area contributed by atoms with Gasteiger partial charge in [-0.15, -0.1) is 0 Å². The number of carbonyl (C=O) groups is 1. The van der Waals surface area contributed by atoms with Crippen molar-refractivity contribution in [3.8, 4) is 5.75 Å². The Hall–Kier alpha value is -1.07. The Bertz CT molecular complexity index is 383. The molecule has 0 radical (unpaired) electrons. The number of rotatable bonds is 6. The summed E-state index contributed by atoms with van der Waals surface area (Å²) in [6.07, 6.45) is 1.83. The number of methoxy groups -OCH3 is 1. The van der Waals surface area contributed by atoms with Gasteiger partial charge in [0.15, 0.2) is 0 Å². The number of carbonyl (C=O) groups excluding carboxylic acids is 1. The van der Waals surface area contributed by atoms with Crippen molar-refractivity contribution < 1.29 is 9.53 Å². The summed E-state index contributed by atoms with van der Waals surface area (Å²) in [5.74, 6) is 0.634. The molecule has 0 aromatic heterocycles. The predicted octanol–water partition coefficient (Wildman–Crippen LogP) is 1.93. The van der Waals surface area contributed by atoms with E-state index in [-0.39, 0.29) is 5.91 Å². The van der Waals surface area contributed by atoms with Gasteiger partial charge in [-0.25, -0.2) is 0 Å². The zero-order valence-corrected chi connectivity index (χ0v) is 11.4. The molecule has 0 aliphatic heterocycles. The summed E-state index contributed by atoms with van der Waals surface area (Å²) in [6.45, 7) is 1.31. The largest absolute Gasteiger partial charge is 0.496 e. The number of nitrogens with two attached hydrogens (primary N) is 1.